The highest BCUT2D eigenvalue weighted by Gasteiger charge is 2.19. The molecule has 170 valence electrons. The molecule has 5 aromatic carbocycles. The molecule has 0 fully saturated rings. The zero-order chi connectivity index (χ0) is 24.2. The van der Waals surface area contributed by atoms with Crippen LogP contribution in [0.5, 0.6) is 0 Å². The van der Waals surface area contributed by atoms with E-state index < -0.39 is 0 Å². The molecule has 36 heavy (non-hydrogen) atoms. The second-order valence-electron chi connectivity index (χ2n) is 9.09. The highest BCUT2D eigenvalue weighted by atomic mass is 14.2. The zero-order valence-electron chi connectivity index (χ0n) is 20.1. The largest absolute Gasteiger partial charge is 0.112 e. The Morgan fingerprint density at radius 3 is 1.72 bits per heavy atom. The van der Waals surface area contributed by atoms with Gasteiger partial charge in [-0.05, 0) is 68.7 Å². The molecule has 0 N–H and O–H groups in total. The molecule has 0 heteroatoms. The van der Waals surface area contributed by atoms with Gasteiger partial charge in [0.1, 0.15) is 0 Å². The van der Waals surface area contributed by atoms with E-state index in [-0.39, 0.29) is 0 Å². The third-order valence-corrected chi connectivity index (χ3v) is 6.74. The Balaban J connectivity index is 1.45. The molecule has 0 unspecified atom stereocenters. The normalized spacial score (nSPS) is 12.3. The van der Waals surface area contributed by atoms with Gasteiger partial charge in [-0.3, -0.25) is 0 Å². The maximum Gasteiger partial charge on any atom is 0.0322 e. The van der Waals surface area contributed by atoms with E-state index in [0.717, 1.165) is 12.0 Å². The monoisotopic (exact) mass is 458 g/mol. The van der Waals surface area contributed by atoms with E-state index in [4.69, 9.17) is 0 Å². The van der Waals surface area contributed by atoms with Crippen LogP contribution in [-0.2, 0) is 6.42 Å². The molecule has 0 nitrogen and oxygen atoms in total. The van der Waals surface area contributed by atoms with Gasteiger partial charge in [0.05, 0.1) is 0 Å². The minimum atomic E-state index is 0.914. The third kappa shape index (κ3) is 4.39. The highest BCUT2D eigenvalue weighted by molar-refractivity contribution is 6.11. The quantitative estimate of drug-likeness (QED) is 0.222. The number of rotatable bonds is 6. The fourth-order valence-electron chi connectivity index (χ4n) is 5.01. The summed E-state index contributed by atoms with van der Waals surface area (Å²) in [6, 6.07) is 47.6. The van der Waals surface area contributed by atoms with Gasteiger partial charge in [-0.25, -0.2) is 0 Å². The van der Waals surface area contributed by atoms with Gasteiger partial charge in [-0.15, -0.1) is 5.73 Å². The summed E-state index contributed by atoms with van der Waals surface area (Å²) >= 11 is 0. The Labute approximate surface area is 213 Å². The molecule has 1 aliphatic carbocycles. The van der Waals surface area contributed by atoms with Gasteiger partial charge in [0, 0.05) is 5.57 Å². The van der Waals surface area contributed by atoms with Crippen molar-refractivity contribution in [1.82, 2.24) is 0 Å². The van der Waals surface area contributed by atoms with Crippen molar-refractivity contribution in [3.05, 3.63) is 174 Å². The molecule has 5 aromatic rings. The van der Waals surface area contributed by atoms with Gasteiger partial charge in [0.2, 0.25) is 0 Å². The van der Waals surface area contributed by atoms with Gasteiger partial charge >= 0.3 is 0 Å². The summed E-state index contributed by atoms with van der Waals surface area (Å²) in [4.78, 5) is 0. The van der Waals surface area contributed by atoms with Gasteiger partial charge in [0.25, 0.3) is 0 Å². The predicted molar refractivity (Wildman–Crippen MR) is 152 cm³/mol. The highest BCUT2D eigenvalue weighted by Crippen LogP contribution is 2.42. The van der Waals surface area contributed by atoms with Gasteiger partial charge < -0.3 is 0 Å². The van der Waals surface area contributed by atoms with Crippen molar-refractivity contribution in [2.24, 2.45) is 0 Å². The van der Waals surface area contributed by atoms with Gasteiger partial charge in [-0.2, -0.15) is 0 Å². The molecule has 0 aliphatic heterocycles. The van der Waals surface area contributed by atoms with E-state index in [1.165, 1.54) is 50.1 Å². The third-order valence-electron chi connectivity index (χ3n) is 6.74. The fourth-order valence-corrected chi connectivity index (χ4v) is 5.01. The second-order valence-corrected chi connectivity index (χ2v) is 9.09. The van der Waals surface area contributed by atoms with E-state index in [9.17, 15) is 0 Å². The van der Waals surface area contributed by atoms with Crippen molar-refractivity contribution >= 4 is 11.1 Å². The molecule has 0 aromatic heterocycles. The van der Waals surface area contributed by atoms with Crippen LogP contribution in [0, 0.1) is 0 Å². The van der Waals surface area contributed by atoms with Crippen molar-refractivity contribution in [2.45, 2.75) is 6.42 Å². The van der Waals surface area contributed by atoms with Crippen LogP contribution in [0.1, 0.15) is 22.3 Å². The number of hydrogen-bond donors (Lipinski definition) is 0. The maximum absolute atomic E-state index is 3.56. The lowest BCUT2D eigenvalue weighted by atomic mass is 9.85. The molecule has 0 amide bonds. The van der Waals surface area contributed by atoms with Gasteiger partial charge in [-0.1, -0.05) is 133 Å². The standard InChI is InChI=1S/C36H26/c1-4-13-27(14-5-1)25-28-23-24-35(36(26-28)30-17-8-3-9-18-30)34-22-12-21-33(34)32-20-11-10-19-31(32)29-15-6-2-7-16-29/h1-20,22-24,26H,25H2. The SMILES string of the molecule is C1=CC=C(c2ccc(Cc3ccccc3)cc2-c2ccccc2)C=1c1ccccc1-c1ccccc1. The Morgan fingerprint density at radius 1 is 0.444 bits per heavy atom. The first-order valence-corrected chi connectivity index (χ1v) is 12.4. The smallest absolute Gasteiger partial charge is 0.0322 e. The van der Waals surface area contributed by atoms with Crippen LogP contribution in [0.2, 0.25) is 0 Å². The van der Waals surface area contributed by atoms with Crippen LogP contribution >= 0.6 is 0 Å². The lowest BCUT2D eigenvalue weighted by molar-refractivity contribution is 1.19. The zero-order valence-corrected chi connectivity index (χ0v) is 20.1. The van der Waals surface area contributed by atoms with Crippen LogP contribution < -0.4 is 0 Å². The minimum absolute atomic E-state index is 0.914. The topological polar surface area (TPSA) is 0 Å². The molecule has 0 saturated carbocycles. The van der Waals surface area contributed by atoms with E-state index in [2.05, 4.69) is 151 Å². The minimum Gasteiger partial charge on any atom is -0.112 e. The molecule has 0 heterocycles. The summed E-state index contributed by atoms with van der Waals surface area (Å²) in [7, 11) is 0. The van der Waals surface area contributed by atoms with E-state index in [0.29, 0.717) is 0 Å². The number of hydrogen-bond acceptors (Lipinski definition) is 0. The molecule has 0 spiro atoms. The Morgan fingerprint density at radius 2 is 1.03 bits per heavy atom. The summed E-state index contributed by atoms with van der Waals surface area (Å²) in [6.45, 7) is 0. The van der Waals surface area contributed by atoms with E-state index in [1.807, 2.05) is 0 Å². The van der Waals surface area contributed by atoms with Crippen molar-refractivity contribution in [3.63, 3.8) is 0 Å². The van der Waals surface area contributed by atoms with Crippen molar-refractivity contribution in [1.29, 1.82) is 0 Å². The molecule has 0 bridgehead atoms. The summed E-state index contributed by atoms with van der Waals surface area (Å²) < 4.78 is 0. The summed E-state index contributed by atoms with van der Waals surface area (Å²) in [5.41, 5.74) is 15.9. The molecular weight excluding hydrogens is 432 g/mol. The fraction of sp³-hybridized carbons (Fsp3) is 0.0278. The number of allylic oxidation sites excluding steroid dienone is 3. The van der Waals surface area contributed by atoms with Crippen LogP contribution in [0.3, 0.4) is 0 Å². The molecular formula is C36H26. The summed E-state index contributed by atoms with van der Waals surface area (Å²) in [5.74, 6) is 0. The molecule has 0 radical (unpaired) electrons. The molecule has 6 rings (SSSR count). The number of benzene rings is 5. The van der Waals surface area contributed by atoms with Crippen molar-refractivity contribution in [2.75, 3.05) is 0 Å². The van der Waals surface area contributed by atoms with Crippen LogP contribution in [-0.4, -0.2) is 0 Å². The van der Waals surface area contributed by atoms with E-state index in [1.54, 1.807) is 0 Å². The molecule has 1 aliphatic rings. The lowest BCUT2D eigenvalue weighted by Gasteiger charge is -2.18. The maximum atomic E-state index is 3.56. The van der Waals surface area contributed by atoms with E-state index >= 15 is 0 Å². The Kier molecular flexibility index (Phi) is 6.03. The van der Waals surface area contributed by atoms with Crippen molar-refractivity contribution < 1.29 is 0 Å². The summed E-state index contributed by atoms with van der Waals surface area (Å²) in [5, 5.41) is 0. The van der Waals surface area contributed by atoms with Crippen molar-refractivity contribution in [3.8, 4) is 22.3 Å². The molecule has 0 atom stereocenters. The first-order chi connectivity index (χ1) is 17.9. The average molecular weight is 459 g/mol. The first-order valence-electron chi connectivity index (χ1n) is 12.4. The Bertz CT molecular complexity index is 1600. The molecule has 0 saturated heterocycles. The van der Waals surface area contributed by atoms with Gasteiger partial charge in [0.15, 0.2) is 0 Å². The predicted octanol–water partition coefficient (Wildman–Crippen LogP) is 9.25. The second kappa shape index (κ2) is 9.92. The average Bonchev–Trinajstić information content (AvgIpc) is 3.44. The van der Waals surface area contributed by atoms with Crippen LogP contribution in [0.25, 0.3) is 33.4 Å². The lowest BCUT2D eigenvalue weighted by Crippen LogP contribution is -1.97. The first kappa shape index (κ1) is 21.9. The van der Waals surface area contributed by atoms with Crippen LogP contribution in [0.15, 0.2) is 151 Å². The summed E-state index contributed by atoms with van der Waals surface area (Å²) in [6.07, 6.45) is 5.17. The van der Waals surface area contributed by atoms with Crippen LogP contribution in [0.4, 0.5) is 0 Å². The Hall–Kier alpha value is -4.64.